The smallest absolute Gasteiger partial charge is 0.251 e. The zero-order chi connectivity index (χ0) is 21.9. The average molecular weight is 453 g/mol. The fraction of sp³-hybridized carbons (Fsp3) is 0.400. The van der Waals surface area contributed by atoms with Gasteiger partial charge in [-0.15, -0.1) is 0 Å². The van der Waals surface area contributed by atoms with Gasteiger partial charge in [0.2, 0.25) is 10.0 Å². The number of sulfonamides is 1. The Morgan fingerprint density at radius 1 is 1.23 bits per heavy atom. The predicted octanol–water partition coefficient (Wildman–Crippen LogP) is 2.65. The molecule has 2 heterocycles. The summed E-state index contributed by atoms with van der Waals surface area (Å²) >= 11 is 6.00. The molecule has 2 unspecified atom stereocenters. The second-order valence-corrected chi connectivity index (χ2v) is 9.59. The fourth-order valence-electron chi connectivity index (χ4n) is 3.30. The minimum atomic E-state index is -3.50. The molecule has 0 bridgehead atoms. The number of hydrogen-bond donors (Lipinski definition) is 2. The molecule has 0 saturated carbocycles. The molecular weight excluding hydrogens is 428 g/mol. The highest BCUT2D eigenvalue weighted by molar-refractivity contribution is 7.92. The number of halogens is 1. The Labute approximate surface area is 181 Å². The molecule has 1 saturated heterocycles. The highest BCUT2D eigenvalue weighted by Crippen LogP contribution is 2.24. The highest BCUT2D eigenvalue weighted by atomic mass is 35.5. The minimum Gasteiger partial charge on any atom is -0.372 e. The molecule has 1 fully saturated rings. The number of ether oxygens (including phenoxy) is 1. The van der Waals surface area contributed by atoms with E-state index < -0.39 is 10.0 Å². The van der Waals surface area contributed by atoms with E-state index in [9.17, 15) is 13.2 Å². The molecule has 0 radical (unpaired) electrons. The van der Waals surface area contributed by atoms with Crippen LogP contribution in [0.15, 0.2) is 36.5 Å². The van der Waals surface area contributed by atoms with Gasteiger partial charge >= 0.3 is 0 Å². The Hall–Kier alpha value is -2.36. The summed E-state index contributed by atoms with van der Waals surface area (Å²) in [6.07, 6.45) is 3.05. The van der Waals surface area contributed by atoms with Crippen LogP contribution in [-0.4, -0.2) is 50.9 Å². The Morgan fingerprint density at radius 3 is 2.53 bits per heavy atom. The van der Waals surface area contributed by atoms with Gasteiger partial charge in [-0.2, -0.15) is 0 Å². The molecule has 30 heavy (non-hydrogen) atoms. The van der Waals surface area contributed by atoms with Crippen molar-refractivity contribution in [2.24, 2.45) is 0 Å². The van der Waals surface area contributed by atoms with Crippen molar-refractivity contribution in [2.45, 2.75) is 32.6 Å². The second kappa shape index (κ2) is 9.20. The summed E-state index contributed by atoms with van der Waals surface area (Å²) < 4.78 is 30.9. The average Bonchev–Trinajstić information content (AvgIpc) is 2.66. The van der Waals surface area contributed by atoms with E-state index in [1.165, 1.54) is 18.2 Å². The molecular formula is C20H25ClN4O4S. The van der Waals surface area contributed by atoms with E-state index in [-0.39, 0.29) is 28.8 Å². The molecule has 1 amide bonds. The number of nitrogens with zero attached hydrogens (tertiary/aromatic N) is 2. The summed E-state index contributed by atoms with van der Waals surface area (Å²) in [5.74, 6) is 0.532. The van der Waals surface area contributed by atoms with E-state index in [2.05, 4.69) is 19.9 Å². The third-order valence-corrected chi connectivity index (χ3v) is 5.45. The first-order valence-electron chi connectivity index (χ1n) is 9.51. The number of pyridine rings is 1. The lowest BCUT2D eigenvalue weighted by atomic mass is 10.2. The van der Waals surface area contributed by atoms with Gasteiger partial charge in [-0.25, -0.2) is 13.4 Å². The van der Waals surface area contributed by atoms with Gasteiger partial charge in [0.1, 0.15) is 5.82 Å². The summed E-state index contributed by atoms with van der Waals surface area (Å²) in [5, 5.41) is 3.02. The van der Waals surface area contributed by atoms with Crippen molar-refractivity contribution in [1.29, 1.82) is 0 Å². The molecule has 1 aromatic carbocycles. The molecule has 1 aliphatic rings. The maximum absolute atomic E-state index is 12.5. The number of morpholine rings is 1. The van der Waals surface area contributed by atoms with Gasteiger partial charge in [-0.3, -0.25) is 9.52 Å². The lowest BCUT2D eigenvalue weighted by molar-refractivity contribution is -0.00546. The lowest BCUT2D eigenvalue weighted by Crippen LogP contribution is -2.45. The summed E-state index contributed by atoms with van der Waals surface area (Å²) in [6, 6.07) is 8.27. The summed E-state index contributed by atoms with van der Waals surface area (Å²) in [4.78, 5) is 19.2. The van der Waals surface area contributed by atoms with E-state index in [4.69, 9.17) is 16.3 Å². The van der Waals surface area contributed by atoms with Gasteiger partial charge < -0.3 is 15.0 Å². The first kappa shape index (κ1) is 22.3. The Balaban J connectivity index is 1.62. The third kappa shape index (κ3) is 6.07. The molecule has 10 heteroatoms. The van der Waals surface area contributed by atoms with Gasteiger partial charge in [0, 0.05) is 31.4 Å². The summed E-state index contributed by atoms with van der Waals surface area (Å²) in [6.45, 7) is 5.95. The van der Waals surface area contributed by atoms with Crippen molar-refractivity contribution < 1.29 is 17.9 Å². The van der Waals surface area contributed by atoms with Crippen LogP contribution < -0.4 is 14.9 Å². The van der Waals surface area contributed by atoms with Crippen molar-refractivity contribution in [3.05, 3.63) is 52.7 Å². The van der Waals surface area contributed by atoms with Crippen molar-refractivity contribution in [3.8, 4) is 0 Å². The Morgan fingerprint density at radius 2 is 1.93 bits per heavy atom. The Kier molecular flexibility index (Phi) is 6.84. The van der Waals surface area contributed by atoms with Crippen LogP contribution in [0.1, 0.15) is 29.8 Å². The van der Waals surface area contributed by atoms with E-state index in [1.807, 2.05) is 26.0 Å². The number of benzene rings is 1. The van der Waals surface area contributed by atoms with Gasteiger partial charge in [0.05, 0.1) is 29.2 Å². The molecule has 2 atom stereocenters. The van der Waals surface area contributed by atoms with Crippen LogP contribution in [0.4, 0.5) is 11.5 Å². The highest BCUT2D eigenvalue weighted by Gasteiger charge is 2.23. The van der Waals surface area contributed by atoms with Gasteiger partial charge in [0.15, 0.2) is 0 Å². The number of anilines is 2. The number of hydrogen-bond acceptors (Lipinski definition) is 6. The minimum absolute atomic E-state index is 0.149. The van der Waals surface area contributed by atoms with E-state index in [0.717, 1.165) is 30.7 Å². The van der Waals surface area contributed by atoms with Gasteiger partial charge in [-0.05, 0) is 43.7 Å². The molecule has 0 aliphatic carbocycles. The van der Waals surface area contributed by atoms with Gasteiger partial charge in [-0.1, -0.05) is 17.7 Å². The van der Waals surface area contributed by atoms with E-state index in [1.54, 1.807) is 6.20 Å². The van der Waals surface area contributed by atoms with Crippen molar-refractivity contribution in [2.75, 3.05) is 29.0 Å². The number of nitrogens with one attached hydrogen (secondary N) is 2. The van der Waals surface area contributed by atoms with E-state index in [0.29, 0.717) is 12.1 Å². The fourth-order valence-corrected chi connectivity index (χ4v) is 4.09. The number of rotatable bonds is 6. The molecule has 2 N–H and O–H groups in total. The molecule has 0 spiro atoms. The third-order valence-electron chi connectivity index (χ3n) is 4.53. The normalized spacial score (nSPS) is 19.4. The van der Waals surface area contributed by atoms with Gasteiger partial charge in [0.25, 0.3) is 5.91 Å². The summed E-state index contributed by atoms with van der Waals surface area (Å²) in [5.41, 5.74) is 1.31. The monoisotopic (exact) mass is 452 g/mol. The van der Waals surface area contributed by atoms with Crippen LogP contribution in [0, 0.1) is 0 Å². The first-order valence-corrected chi connectivity index (χ1v) is 11.8. The molecule has 2 aromatic rings. The van der Waals surface area contributed by atoms with Crippen molar-refractivity contribution in [3.63, 3.8) is 0 Å². The number of aromatic nitrogens is 1. The lowest BCUT2D eigenvalue weighted by Gasteiger charge is -2.36. The number of amides is 1. The molecule has 8 nitrogen and oxygen atoms in total. The van der Waals surface area contributed by atoms with Crippen LogP contribution in [0.3, 0.4) is 0 Å². The Bertz CT molecular complexity index is 1000. The zero-order valence-corrected chi connectivity index (χ0v) is 18.6. The molecule has 1 aliphatic heterocycles. The summed E-state index contributed by atoms with van der Waals surface area (Å²) in [7, 11) is -3.50. The van der Waals surface area contributed by atoms with Crippen LogP contribution in [0.25, 0.3) is 0 Å². The van der Waals surface area contributed by atoms with Crippen LogP contribution in [-0.2, 0) is 21.3 Å². The van der Waals surface area contributed by atoms with Crippen LogP contribution in [0.5, 0.6) is 0 Å². The van der Waals surface area contributed by atoms with Crippen LogP contribution in [0.2, 0.25) is 5.02 Å². The largest absolute Gasteiger partial charge is 0.372 e. The quantitative estimate of drug-likeness (QED) is 0.698. The zero-order valence-electron chi connectivity index (χ0n) is 17.1. The van der Waals surface area contributed by atoms with E-state index >= 15 is 0 Å². The van der Waals surface area contributed by atoms with Crippen molar-refractivity contribution in [1.82, 2.24) is 10.3 Å². The topological polar surface area (TPSA) is 101 Å². The SMILES string of the molecule is CC1CN(c2ccc(CNC(=O)c3ccc(Cl)c(NS(C)(=O)=O)c3)cn2)CC(C)O1. The van der Waals surface area contributed by atoms with Crippen molar-refractivity contribution >= 4 is 39.0 Å². The standard InChI is InChI=1S/C20H25ClN4O4S/c1-13-11-25(12-14(2)29-13)19-7-4-15(9-22-19)10-23-20(26)16-5-6-17(21)18(8-16)24-30(3,27)28/h4-9,13-14,24H,10-12H2,1-3H3,(H,23,26). The predicted molar refractivity (Wildman–Crippen MR) is 118 cm³/mol. The van der Waals surface area contributed by atoms with Crippen LogP contribution >= 0.6 is 11.6 Å². The maximum Gasteiger partial charge on any atom is 0.251 e. The first-order chi connectivity index (χ1) is 14.1. The molecule has 162 valence electrons. The second-order valence-electron chi connectivity index (χ2n) is 7.44. The number of carbonyl (C=O) groups is 1. The maximum atomic E-state index is 12.5. The molecule has 3 rings (SSSR count). The molecule has 1 aromatic heterocycles. The number of carbonyl (C=O) groups excluding carboxylic acids is 1.